The van der Waals surface area contributed by atoms with Crippen LogP contribution in [0.2, 0.25) is 0 Å². The van der Waals surface area contributed by atoms with Gasteiger partial charge in [-0.25, -0.2) is 0 Å². The first-order chi connectivity index (χ1) is 26.2. The number of fused-ring (bicyclic) bond motifs is 10. The van der Waals surface area contributed by atoms with Crippen molar-refractivity contribution >= 4 is 48.6 Å². The van der Waals surface area contributed by atoms with Crippen molar-refractivity contribution in [3.05, 3.63) is 210 Å². The maximum Gasteiger partial charge on any atom is 0.0464 e. The summed E-state index contributed by atoms with van der Waals surface area (Å²) in [5.74, 6) is 0. The van der Waals surface area contributed by atoms with Crippen LogP contribution in [0.1, 0.15) is 27.8 Å². The van der Waals surface area contributed by atoms with Gasteiger partial charge < -0.3 is 4.90 Å². The van der Waals surface area contributed by atoms with Crippen LogP contribution in [0.4, 0.5) is 17.1 Å². The Morgan fingerprint density at radius 3 is 1.89 bits per heavy atom. The summed E-state index contributed by atoms with van der Waals surface area (Å²) in [4.78, 5) is 2.39. The zero-order valence-corrected chi connectivity index (χ0v) is 30.4. The molecule has 0 unspecified atom stereocenters. The topological polar surface area (TPSA) is 3.24 Å². The lowest BCUT2D eigenvalue weighted by molar-refractivity contribution is 1.15. The first-order valence-electron chi connectivity index (χ1n) is 18.4. The molecule has 0 aliphatic heterocycles. The molecule has 8 aromatic carbocycles. The van der Waals surface area contributed by atoms with Crippen LogP contribution in [0, 0.1) is 6.92 Å². The summed E-state index contributed by atoms with van der Waals surface area (Å²) in [6.45, 7) is 2.15. The molecule has 252 valence electrons. The summed E-state index contributed by atoms with van der Waals surface area (Å²) >= 11 is 1.93. The van der Waals surface area contributed by atoms with Gasteiger partial charge in [0.15, 0.2) is 0 Å². The lowest BCUT2D eigenvalue weighted by Crippen LogP contribution is -2.11. The maximum atomic E-state index is 2.45. The highest BCUT2D eigenvalue weighted by atomic mass is 32.1. The average molecular weight is 696 g/mol. The van der Waals surface area contributed by atoms with Gasteiger partial charge in [0.2, 0.25) is 0 Å². The fourth-order valence-corrected chi connectivity index (χ4v) is 9.55. The van der Waals surface area contributed by atoms with Gasteiger partial charge in [0.1, 0.15) is 0 Å². The second kappa shape index (κ2) is 13.1. The summed E-state index contributed by atoms with van der Waals surface area (Å²) in [5, 5.41) is 2.67. The number of nitrogens with zero attached hydrogens (tertiary/aromatic N) is 1. The van der Waals surface area contributed by atoms with Crippen molar-refractivity contribution in [3.63, 3.8) is 0 Å². The van der Waals surface area contributed by atoms with Crippen molar-refractivity contribution < 1.29 is 0 Å². The summed E-state index contributed by atoms with van der Waals surface area (Å²) in [7, 11) is 0. The summed E-state index contributed by atoms with van der Waals surface area (Å²) in [6.07, 6.45) is 1.65. The van der Waals surface area contributed by atoms with Crippen LogP contribution in [0.15, 0.2) is 182 Å². The average Bonchev–Trinajstić information content (AvgIpc) is 3.59. The zero-order valence-electron chi connectivity index (χ0n) is 29.6. The number of anilines is 3. The predicted molar refractivity (Wildman–Crippen MR) is 227 cm³/mol. The molecule has 1 aromatic heterocycles. The molecule has 0 N–H and O–H groups in total. The Morgan fingerprint density at radius 1 is 0.415 bits per heavy atom. The van der Waals surface area contributed by atoms with Gasteiger partial charge in [-0.1, -0.05) is 145 Å². The molecule has 0 amide bonds. The smallest absolute Gasteiger partial charge is 0.0464 e. The van der Waals surface area contributed by atoms with Gasteiger partial charge in [0.05, 0.1) is 0 Å². The van der Waals surface area contributed by atoms with Crippen LogP contribution in [-0.2, 0) is 12.8 Å². The lowest BCUT2D eigenvalue weighted by Gasteiger charge is -2.28. The van der Waals surface area contributed by atoms with E-state index in [0.717, 1.165) is 29.9 Å². The number of hydrogen-bond donors (Lipinski definition) is 0. The van der Waals surface area contributed by atoms with E-state index >= 15 is 0 Å². The Labute approximate surface area is 315 Å². The molecule has 2 heteroatoms. The Hall–Kier alpha value is -6.22. The van der Waals surface area contributed by atoms with E-state index in [4.69, 9.17) is 0 Å². The van der Waals surface area contributed by atoms with Crippen molar-refractivity contribution in [1.29, 1.82) is 0 Å². The van der Waals surface area contributed by atoms with Gasteiger partial charge >= 0.3 is 0 Å². The molecule has 0 saturated heterocycles. The number of hydrogen-bond acceptors (Lipinski definition) is 2. The van der Waals surface area contributed by atoms with Gasteiger partial charge in [0, 0.05) is 42.8 Å². The fourth-order valence-electron chi connectivity index (χ4n) is 8.26. The van der Waals surface area contributed by atoms with Crippen LogP contribution in [-0.4, -0.2) is 0 Å². The SMILES string of the molecule is Cc1ccc(N(c2ccccc2)c2ccc3c(c2)Cc2ccc4c(sc5ccccc54)c2-c2ccccc2Cc2cc(-c4ccccc4)ccc2-3)cc1. The highest BCUT2D eigenvalue weighted by Crippen LogP contribution is 2.46. The van der Waals surface area contributed by atoms with Crippen molar-refractivity contribution in [3.8, 4) is 33.4 Å². The Morgan fingerprint density at radius 2 is 1.06 bits per heavy atom. The van der Waals surface area contributed by atoms with Gasteiger partial charge in [-0.3, -0.25) is 0 Å². The third kappa shape index (κ3) is 5.64. The molecule has 10 rings (SSSR count). The Balaban J connectivity index is 1.25. The van der Waals surface area contributed by atoms with Crippen molar-refractivity contribution in [1.82, 2.24) is 0 Å². The monoisotopic (exact) mass is 695 g/mol. The molecule has 53 heavy (non-hydrogen) atoms. The number of benzene rings is 8. The molecule has 1 nitrogen and oxygen atoms in total. The third-order valence-corrected chi connectivity index (χ3v) is 12.0. The van der Waals surface area contributed by atoms with E-state index in [1.165, 1.54) is 81.4 Å². The third-order valence-electron chi connectivity index (χ3n) is 10.8. The van der Waals surface area contributed by atoms with Gasteiger partial charge in [-0.05, 0) is 112 Å². The minimum atomic E-state index is 0.813. The summed E-state index contributed by atoms with van der Waals surface area (Å²) < 4.78 is 2.71. The second-order valence-corrected chi connectivity index (χ2v) is 15.2. The van der Waals surface area contributed by atoms with E-state index in [9.17, 15) is 0 Å². The minimum Gasteiger partial charge on any atom is -0.310 e. The molecule has 1 aliphatic rings. The van der Waals surface area contributed by atoms with E-state index in [1.54, 1.807) is 0 Å². The van der Waals surface area contributed by atoms with E-state index in [-0.39, 0.29) is 0 Å². The Bertz CT molecular complexity index is 2780. The summed E-state index contributed by atoms with van der Waals surface area (Å²) in [6, 6.07) is 67.4. The van der Waals surface area contributed by atoms with E-state index < -0.39 is 0 Å². The fraction of sp³-hybridized carbons (Fsp3) is 0.0588. The summed E-state index contributed by atoms with van der Waals surface area (Å²) in [5.41, 5.74) is 17.9. The first kappa shape index (κ1) is 31.5. The molecule has 1 aliphatic carbocycles. The molecule has 0 spiro atoms. The second-order valence-electron chi connectivity index (χ2n) is 14.2. The van der Waals surface area contributed by atoms with Crippen LogP contribution in [0.3, 0.4) is 0 Å². The van der Waals surface area contributed by atoms with Crippen LogP contribution >= 0.6 is 11.3 Å². The molecule has 9 aromatic rings. The quantitative estimate of drug-likeness (QED) is 0.177. The lowest BCUT2D eigenvalue weighted by atomic mass is 9.82. The predicted octanol–water partition coefficient (Wildman–Crippen LogP) is 14.3. The molecule has 0 radical (unpaired) electrons. The number of para-hydroxylation sites is 1. The molecular weight excluding hydrogens is 659 g/mol. The van der Waals surface area contributed by atoms with Gasteiger partial charge in [-0.2, -0.15) is 0 Å². The van der Waals surface area contributed by atoms with Gasteiger partial charge in [-0.15, -0.1) is 11.3 Å². The van der Waals surface area contributed by atoms with Crippen LogP contribution in [0.25, 0.3) is 53.6 Å². The molecule has 0 atom stereocenters. The Kier molecular flexibility index (Phi) is 7.78. The minimum absolute atomic E-state index is 0.813. The maximum absolute atomic E-state index is 2.45. The molecule has 1 heterocycles. The number of thiophene rings is 1. The number of rotatable bonds is 4. The van der Waals surface area contributed by atoms with E-state index in [2.05, 4.69) is 194 Å². The number of aryl methyl sites for hydroxylation is 1. The highest BCUT2D eigenvalue weighted by Gasteiger charge is 2.23. The van der Waals surface area contributed by atoms with Crippen LogP contribution < -0.4 is 4.90 Å². The standard InChI is InChI=1S/C51H37NS/c1-34-20-24-42(25-21-34)52(41-15-6-3-7-16-41)43-26-29-45-40(33-43)32-38-23-28-48-47-18-10-11-19-49(47)53-51(48)50(38)46-17-9-8-14-37(46)31-39-30-36(22-27-44(39)45)35-12-4-2-5-13-35/h2-30,33H,31-32H2,1H3. The van der Waals surface area contributed by atoms with Crippen molar-refractivity contribution in [2.45, 2.75) is 19.8 Å². The van der Waals surface area contributed by atoms with Gasteiger partial charge in [0.25, 0.3) is 0 Å². The van der Waals surface area contributed by atoms with E-state index in [1.807, 2.05) is 11.3 Å². The van der Waals surface area contributed by atoms with Crippen LogP contribution in [0.5, 0.6) is 0 Å². The van der Waals surface area contributed by atoms with Crippen molar-refractivity contribution in [2.75, 3.05) is 4.90 Å². The largest absolute Gasteiger partial charge is 0.310 e. The molecule has 0 fully saturated rings. The highest BCUT2D eigenvalue weighted by molar-refractivity contribution is 7.26. The molecular formula is C51H37NS. The molecule has 0 saturated carbocycles. The van der Waals surface area contributed by atoms with E-state index in [0.29, 0.717) is 0 Å². The zero-order chi connectivity index (χ0) is 35.3. The normalized spacial score (nSPS) is 12.1. The van der Waals surface area contributed by atoms with Crippen molar-refractivity contribution in [2.24, 2.45) is 0 Å². The molecule has 0 bridgehead atoms. The first-order valence-corrected chi connectivity index (χ1v) is 19.2.